The van der Waals surface area contributed by atoms with Gasteiger partial charge in [0, 0.05) is 19.0 Å². The number of nitrogens with two attached hydrogens (primary N) is 1. The van der Waals surface area contributed by atoms with Crippen LogP contribution in [0.15, 0.2) is 18.2 Å². The van der Waals surface area contributed by atoms with Crippen LogP contribution in [0.5, 0.6) is 0 Å². The quantitative estimate of drug-likeness (QED) is 0.639. The van der Waals surface area contributed by atoms with Crippen molar-refractivity contribution in [1.29, 1.82) is 0 Å². The normalized spacial score (nSPS) is 25.3. The number of amides is 4. The summed E-state index contributed by atoms with van der Waals surface area (Å²) in [6.07, 6.45) is -2.49. The second-order valence-corrected chi connectivity index (χ2v) is 8.79. The first kappa shape index (κ1) is 23.4. The summed E-state index contributed by atoms with van der Waals surface area (Å²) in [5.41, 5.74) is 6.21. The van der Waals surface area contributed by atoms with Crippen LogP contribution in [-0.4, -0.2) is 64.3 Å². The lowest BCUT2D eigenvalue weighted by atomic mass is 9.94. The minimum absolute atomic E-state index is 0.0194. The molecule has 3 aliphatic heterocycles. The lowest BCUT2D eigenvalue weighted by Crippen LogP contribution is -2.54. The second-order valence-electron chi connectivity index (χ2n) is 8.79. The van der Waals surface area contributed by atoms with Gasteiger partial charge in [-0.25, -0.2) is 0 Å². The molecular formula is C22H25F3N4O4. The lowest BCUT2D eigenvalue weighted by molar-refractivity contribution is -0.152. The van der Waals surface area contributed by atoms with Crippen molar-refractivity contribution in [3.05, 3.63) is 34.9 Å². The van der Waals surface area contributed by atoms with E-state index in [0.29, 0.717) is 18.5 Å². The monoisotopic (exact) mass is 466 g/mol. The summed E-state index contributed by atoms with van der Waals surface area (Å²) in [6, 6.07) is 1.38. The van der Waals surface area contributed by atoms with E-state index in [1.807, 2.05) is 4.90 Å². The van der Waals surface area contributed by atoms with Crippen LogP contribution >= 0.6 is 0 Å². The van der Waals surface area contributed by atoms with Gasteiger partial charge >= 0.3 is 6.18 Å². The topological polar surface area (TPSA) is 113 Å². The number of nitrogens with one attached hydrogen (secondary N) is 1. The number of halogens is 3. The summed E-state index contributed by atoms with van der Waals surface area (Å²) in [5, 5.41) is 2.15. The summed E-state index contributed by atoms with van der Waals surface area (Å²) in [7, 11) is 0. The third-order valence-corrected chi connectivity index (χ3v) is 6.62. The van der Waals surface area contributed by atoms with Crippen molar-refractivity contribution in [3.8, 4) is 0 Å². The molecule has 1 aromatic rings. The van der Waals surface area contributed by atoms with Gasteiger partial charge in [0.25, 0.3) is 11.8 Å². The highest BCUT2D eigenvalue weighted by molar-refractivity contribution is 6.24. The summed E-state index contributed by atoms with van der Waals surface area (Å²) in [4.78, 5) is 52.7. The molecule has 4 rings (SSSR count). The Morgan fingerprint density at radius 3 is 2.55 bits per heavy atom. The van der Waals surface area contributed by atoms with Crippen molar-refractivity contribution < 1.29 is 32.3 Å². The van der Waals surface area contributed by atoms with Crippen LogP contribution in [0.1, 0.15) is 64.8 Å². The SMILES string of the molecule is NC(CC1CCCCN1Cc1cccc2c1C(=O)N(C1CCC(=O)NC1=O)C2=O)C(F)(F)F. The van der Waals surface area contributed by atoms with Crippen LogP contribution in [0.25, 0.3) is 0 Å². The van der Waals surface area contributed by atoms with Crippen molar-refractivity contribution in [2.75, 3.05) is 6.54 Å². The molecule has 33 heavy (non-hydrogen) atoms. The van der Waals surface area contributed by atoms with E-state index in [0.717, 1.165) is 17.7 Å². The Kier molecular flexibility index (Phi) is 6.28. The van der Waals surface area contributed by atoms with Crippen LogP contribution in [-0.2, 0) is 16.1 Å². The third-order valence-electron chi connectivity index (χ3n) is 6.62. The van der Waals surface area contributed by atoms with Gasteiger partial charge in [-0.1, -0.05) is 18.6 Å². The highest BCUT2D eigenvalue weighted by atomic mass is 19.4. The van der Waals surface area contributed by atoms with Gasteiger partial charge in [0.2, 0.25) is 11.8 Å². The molecule has 0 aliphatic carbocycles. The van der Waals surface area contributed by atoms with Crippen molar-refractivity contribution in [1.82, 2.24) is 15.1 Å². The van der Waals surface area contributed by atoms with Gasteiger partial charge in [0.1, 0.15) is 12.1 Å². The maximum Gasteiger partial charge on any atom is 0.403 e. The van der Waals surface area contributed by atoms with Crippen LogP contribution in [0, 0.1) is 0 Å². The maximum atomic E-state index is 13.2. The molecule has 0 aromatic heterocycles. The Bertz CT molecular complexity index is 996. The number of nitrogens with zero attached hydrogens (tertiary/aromatic N) is 2. The van der Waals surface area contributed by atoms with Crippen LogP contribution in [0.4, 0.5) is 13.2 Å². The minimum Gasteiger partial charge on any atom is -0.320 e. The molecule has 3 atom stereocenters. The molecule has 178 valence electrons. The number of fused-ring (bicyclic) bond motifs is 1. The summed E-state index contributed by atoms with van der Waals surface area (Å²) in [5.74, 6) is -2.39. The molecule has 2 fully saturated rings. The van der Waals surface area contributed by atoms with E-state index in [1.165, 1.54) is 6.07 Å². The van der Waals surface area contributed by atoms with E-state index in [9.17, 15) is 32.3 Å². The van der Waals surface area contributed by atoms with Gasteiger partial charge in [0.15, 0.2) is 0 Å². The van der Waals surface area contributed by atoms with Crippen molar-refractivity contribution in [3.63, 3.8) is 0 Å². The molecular weight excluding hydrogens is 441 g/mol. The zero-order valence-corrected chi connectivity index (χ0v) is 17.9. The molecule has 1 aromatic carbocycles. The molecule has 0 spiro atoms. The number of carbonyl (C=O) groups is 4. The molecule has 0 radical (unpaired) electrons. The number of likely N-dealkylation sites (tertiary alicyclic amines) is 1. The van der Waals surface area contributed by atoms with E-state index < -0.39 is 47.9 Å². The zero-order chi connectivity index (χ0) is 23.9. The van der Waals surface area contributed by atoms with E-state index in [1.54, 1.807) is 12.1 Å². The van der Waals surface area contributed by atoms with Gasteiger partial charge in [-0.2, -0.15) is 13.2 Å². The number of hydrogen-bond acceptors (Lipinski definition) is 6. The number of imide groups is 2. The van der Waals surface area contributed by atoms with Gasteiger partial charge in [-0.05, 0) is 43.9 Å². The molecule has 0 saturated carbocycles. The van der Waals surface area contributed by atoms with Gasteiger partial charge < -0.3 is 5.73 Å². The van der Waals surface area contributed by atoms with Gasteiger partial charge in [-0.15, -0.1) is 0 Å². The van der Waals surface area contributed by atoms with E-state index in [-0.39, 0.29) is 36.9 Å². The number of benzene rings is 1. The molecule has 3 N–H and O–H groups in total. The maximum absolute atomic E-state index is 13.2. The highest BCUT2D eigenvalue weighted by Gasteiger charge is 2.46. The summed E-state index contributed by atoms with van der Waals surface area (Å²) >= 11 is 0. The molecule has 3 unspecified atom stereocenters. The summed E-state index contributed by atoms with van der Waals surface area (Å²) in [6.45, 7) is 0.749. The molecule has 8 nitrogen and oxygen atoms in total. The van der Waals surface area contributed by atoms with Crippen LogP contribution in [0.3, 0.4) is 0 Å². The van der Waals surface area contributed by atoms with E-state index >= 15 is 0 Å². The zero-order valence-electron chi connectivity index (χ0n) is 17.9. The first-order valence-electron chi connectivity index (χ1n) is 11.0. The van der Waals surface area contributed by atoms with Gasteiger partial charge in [-0.3, -0.25) is 34.3 Å². The fourth-order valence-corrected chi connectivity index (χ4v) is 4.90. The van der Waals surface area contributed by atoms with Crippen molar-refractivity contribution in [2.24, 2.45) is 5.73 Å². The van der Waals surface area contributed by atoms with Crippen LogP contribution in [0.2, 0.25) is 0 Å². The number of piperidine rings is 2. The number of rotatable bonds is 5. The standard InChI is InChI=1S/C22H25F3N4O4/c23-22(24,25)16(26)10-13-5-1-2-9-28(13)11-12-4-3-6-14-18(12)21(33)29(20(14)32)15-7-8-17(30)27-19(15)31/h3-4,6,13,15-16H,1-2,5,7-11,26H2,(H,27,30,31). The molecule has 3 aliphatic rings. The first-order valence-corrected chi connectivity index (χ1v) is 11.0. The molecule has 11 heteroatoms. The Morgan fingerprint density at radius 1 is 1.09 bits per heavy atom. The predicted octanol–water partition coefficient (Wildman–Crippen LogP) is 1.72. The fraction of sp³-hybridized carbons (Fsp3) is 0.545. The molecule has 3 heterocycles. The van der Waals surface area contributed by atoms with Crippen molar-refractivity contribution in [2.45, 2.75) is 69.4 Å². The fourth-order valence-electron chi connectivity index (χ4n) is 4.90. The average molecular weight is 466 g/mol. The molecule has 0 bridgehead atoms. The number of alkyl halides is 3. The smallest absolute Gasteiger partial charge is 0.320 e. The Balaban J connectivity index is 1.57. The average Bonchev–Trinajstić information content (AvgIpc) is 3.00. The molecule has 2 saturated heterocycles. The number of hydrogen-bond donors (Lipinski definition) is 2. The second kappa shape index (κ2) is 8.86. The number of carbonyl (C=O) groups excluding carboxylic acids is 4. The third kappa shape index (κ3) is 4.51. The largest absolute Gasteiger partial charge is 0.403 e. The lowest BCUT2D eigenvalue weighted by Gasteiger charge is -2.37. The minimum atomic E-state index is -4.48. The molecule has 4 amide bonds. The van der Waals surface area contributed by atoms with E-state index in [2.05, 4.69) is 5.32 Å². The van der Waals surface area contributed by atoms with Crippen LogP contribution < -0.4 is 11.1 Å². The predicted molar refractivity (Wildman–Crippen MR) is 110 cm³/mol. The van der Waals surface area contributed by atoms with Crippen molar-refractivity contribution >= 4 is 23.6 Å². The highest BCUT2D eigenvalue weighted by Crippen LogP contribution is 2.33. The Morgan fingerprint density at radius 2 is 1.85 bits per heavy atom. The van der Waals surface area contributed by atoms with Gasteiger partial charge in [0.05, 0.1) is 11.1 Å². The first-order chi connectivity index (χ1) is 15.6. The van der Waals surface area contributed by atoms with E-state index in [4.69, 9.17) is 5.73 Å². The Labute approximate surface area is 188 Å². The Hall–Kier alpha value is -2.79. The summed E-state index contributed by atoms with van der Waals surface area (Å²) < 4.78 is 39.1.